The minimum Gasteiger partial charge on any atom is -0.507 e. The lowest BCUT2D eigenvalue weighted by molar-refractivity contribution is -0.132. The summed E-state index contributed by atoms with van der Waals surface area (Å²) in [4.78, 5) is 29.0. The number of Topliss-reactive ketones (excluding diaryl/α,β-unsaturated/α-hetero) is 1. The van der Waals surface area contributed by atoms with Crippen molar-refractivity contribution in [1.29, 1.82) is 0 Å². The van der Waals surface area contributed by atoms with Crippen LogP contribution in [0.4, 0.5) is 5.69 Å². The van der Waals surface area contributed by atoms with Gasteiger partial charge in [-0.2, -0.15) is 0 Å². The molecule has 1 saturated heterocycles. The molecule has 1 unspecified atom stereocenters. The van der Waals surface area contributed by atoms with Crippen molar-refractivity contribution in [3.05, 3.63) is 86.6 Å². The van der Waals surface area contributed by atoms with E-state index in [1.807, 2.05) is 82.5 Å². The summed E-state index contributed by atoms with van der Waals surface area (Å²) in [6, 6.07) is 14.2. The number of carbonyl (C=O) groups is 2. The lowest BCUT2D eigenvalue weighted by atomic mass is 9.94. The molecule has 4 rings (SSSR count). The monoisotopic (exact) mass is 475 g/mol. The zero-order valence-corrected chi connectivity index (χ0v) is 20.9. The van der Waals surface area contributed by atoms with Crippen molar-refractivity contribution in [2.75, 3.05) is 11.5 Å². The van der Waals surface area contributed by atoms with E-state index < -0.39 is 17.7 Å². The highest BCUT2D eigenvalue weighted by molar-refractivity contribution is 7.10. The Balaban J connectivity index is 1.93. The number of ketones is 1. The second-order valence-corrected chi connectivity index (χ2v) is 9.76. The minimum absolute atomic E-state index is 0.107. The summed E-state index contributed by atoms with van der Waals surface area (Å²) < 4.78 is 5.75. The number of carbonyl (C=O) groups excluding carboxylic acids is 2. The Morgan fingerprint density at radius 2 is 1.88 bits per heavy atom. The second kappa shape index (κ2) is 9.47. The standard InChI is InChI=1S/C28H29NO4S/c1-6-33-22-11-10-19(15-21(22)16(2)3)25(30)23-24(27-18(5)12-13-34-27)29(28(32)26(23)31)20-9-7-8-17(4)14-20/h7-16,24,30H,6H2,1-5H3/b25-23-. The van der Waals surface area contributed by atoms with Crippen LogP contribution in [0.2, 0.25) is 0 Å². The molecule has 176 valence electrons. The van der Waals surface area contributed by atoms with Crippen molar-refractivity contribution in [2.24, 2.45) is 0 Å². The van der Waals surface area contributed by atoms with E-state index in [1.54, 1.807) is 6.07 Å². The summed E-state index contributed by atoms with van der Waals surface area (Å²) in [7, 11) is 0. The first-order chi connectivity index (χ1) is 16.2. The molecular weight excluding hydrogens is 446 g/mol. The van der Waals surface area contributed by atoms with E-state index in [-0.39, 0.29) is 17.3 Å². The quantitative estimate of drug-likeness (QED) is 0.251. The van der Waals surface area contributed by atoms with E-state index in [1.165, 1.54) is 16.2 Å². The van der Waals surface area contributed by atoms with Gasteiger partial charge in [-0.1, -0.05) is 26.0 Å². The van der Waals surface area contributed by atoms with Crippen LogP contribution in [0.15, 0.2) is 59.5 Å². The first-order valence-corrected chi connectivity index (χ1v) is 12.3. The van der Waals surface area contributed by atoms with Crippen molar-refractivity contribution in [3.63, 3.8) is 0 Å². The van der Waals surface area contributed by atoms with Crippen LogP contribution in [-0.2, 0) is 9.59 Å². The Morgan fingerprint density at radius 1 is 1.12 bits per heavy atom. The van der Waals surface area contributed by atoms with Crippen LogP contribution in [0.5, 0.6) is 5.75 Å². The molecule has 1 aliphatic rings. The number of amides is 1. The van der Waals surface area contributed by atoms with E-state index in [4.69, 9.17) is 4.74 Å². The molecule has 1 aliphatic heterocycles. The topological polar surface area (TPSA) is 66.8 Å². The van der Waals surface area contributed by atoms with Crippen LogP contribution >= 0.6 is 11.3 Å². The largest absolute Gasteiger partial charge is 0.507 e. The Morgan fingerprint density at radius 3 is 2.50 bits per heavy atom. The zero-order chi connectivity index (χ0) is 24.6. The average molecular weight is 476 g/mol. The molecule has 34 heavy (non-hydrogen) atoms. The molecule has 2 aromatic carbocycles. The molecule has 1 amide bonds. The van der Waals surface area contributed by atoms with Crippen molar-refractivity contribution < 1.29 is 19.4 Å². The molecule has 1 fully saturated rings. The number of thiophene rings is 1. The van der Waals surface area contributed by atoms with Gasteiger partial charge in [0.1, 0.15) is 17.6 Å². The van der Waals surface area contributed by atoms with Crippen molar-refractivity contribution >= 4 is 34.5 Å². The molecule has 1 N–H and O–H groups in total. The van der Waals surface area contributed by atoms with Crippen LogP contribution in [0.25, 0.3) is 5.76 Å². The molecule has 3 aromatic rings. The van der Waals surface area contributed by atoms with Gasteiger partial charge in [0.15, 0.2) is 0 Å². The van der Waals surface area contributed by atoms with Gasteiger partial charge < -0.3 is 9.84 Å². The summed E-state index contributed by atoms with van der Waals surface area (Å²) >= 11 is 1.48. The summed E-state index contributed by atoms with van der Waals surface area (Å²) in [6.45, 7) is 10.5. The lowest BCUT2D eigenvalue weighted by Crippen LogP contribution is -2.29. The highest BCUT2D eigenvalue weighted by atomic mass is 32.1. The molecule has 5 nitrogen and oxygen atoms in total. The van der Waals surface area contributed by atoms with Crippen molar-refractivity contribution in [1.82, 2.24) is 0 Å². The van der Waals surface area contributed by atoms with Gasteiger partial charge in [-0.05, 0) is 85.2 Å². The number of hydrogen-bond donors (Lipinski definition) is 1. The van der Waals surface area contributed by atoms with E-state index >= 15 is 0 Å². The van der Waals surface area contributed by atoms with Crippen molar-refractivity contribution in [3.8, 4) is 5.75 Å². The molecular formula is C28H29NO4S. The number of ether oxygens (including phenoxy) is 1. The molecule has 0 bridgehead atoms. The number of nitrogens with zero attached hydrogens (tertiary/aromatic N) is 1. The molecule has 0 radical (unpaired) electrons. The SMILES string of the molecule is CCOc1ccc(/C(O)=C2/C(=O)C(=O)N(c3cccc(C)c3)C2c2sccc2C)cc1C(C)C. The fraction of sp³-hybridized carbons (Fsp3) is 0.286. The Labute approximate surface area is 204 Å². The van der Waals surface area contributed by atoms with Crippen LogP contribution in [0, 0.1) is 13.8 Å². The first kappa shape index (κ1) is 23.8. The number of rotatable bonds is 6. The number of hydrogen-bond acceptors (Lipinski definition) is 5. The van der Waals surface area contributed by atoms with Gasteiger partial charge in [0.25, 0.3) is 11.7 Å². The number of anilines is 1. The molecule has 0 saturated carbocycles. The number of aliphatic hydroxyl groups excluding tert-OH is 1. The highest BCUT2D eigenvalue weighted by Gasteiger charge is 2.48. The van der Waals surface area contributed by atoms with Crippen LogP contribution in [-0.4, -0.2) is 23.4 Å². The van der Waals surface area contributed by atoms with Gasteiger partial charge in [-0.3, -0.25) is 14.5 Å². The molecule has 6 heteroatoms. The predicted octanol–water partition coefficient (Wildman–Crippen LogP) is 6.51. The van der Waals surface area contributed by atoms with Crippen LogP contribution in [0.1, 0.15) is 59.9 Å². The normalized spacial score (nSPS) is 17.6. The Bertz CT molecular complexity index is 1290. The molecule has 0 aliphatic carbocycles. The van der Waals surface area contributed by atoms with E-state index in [0.29, 0.717) is 17.9 Å². The Kier molecular flexibility index (Phi) is 6.62. The summed E-state index contributed by atoms with van der Waals surface area (Å²) in [6.07, 6.45) is 0. The third-order valence-corrected chi connectivity index (χ3v) is 7.15. The van der Waals surface area contributed by atoms with Gasteiger partial charge in [0.2, 0.25) is 0 Å². The third-order valence-electron chi connectivity index (χ3n) is 6.08. The van der Waals surface area contributed by atoms with Gasteiger partial charge in [0.05, 0.1) is 12.2 Å². The maximum absolute atomic E-state index is 13.4. The summed E-state index contributed by atoms with van der Waals surface area (Å²) in [5, 5.41) is 13.4. The van der Waals surface area contributed by atoms with E-state index in [2.05, 4.69) is 0 Å². The summed E-state index contributed by atoms with van der Waals surface area (Å²) in [5.41, 5.74) is 4.12. The highest BCUT2D eigenvalue weighted by Crippen LogP contribution is 2.45. The zero-order valence-electron chi connectivity index (χ0n) is 20.1. The number of aliphatic hydroxyl groups is 1. The Hall–Kier alpha value is -3.38. The van der Waals surface area contributed by atoms with Gasteiger partial charge in [-0.15, -0.1) is 11.3 Å². The van der Waals surface area contributed by atoms with E-state index in [9.17, 15) is 14.7 Å². The smallest absolute Gasteiger partial charge is 0.300 e. The first-order valence-electron chi connectivity index (χ1n) is 11.4. The predicted molar refractivity (Wildman–Crippen MR) is 137 cm³/mol. The van der Waals surface area contributed by atoms with E-state index in [0.717, 1.165) is 27.3 Å². The maximum Gasteiger partial charge on any atom is 0.300 e. The van der Waals surface area contributed by atoms with Crippen LogP contribution in [0.3, 0.4) is 0 Å². The molecule has 0 spiro atoms. The fourth-order valence-electron chi connectivity index (χ4n) is 4.38. The molecule has 2 heterocycles. The maximum atomic E-state index is 13.4. The minimum atomic E-state index is -0.698. The van der Waals surface area contributed by atoms with Gasteiger partial charge >= 0.3 is 0 Å². The second-order valence-electron chi connectivity index (χ2n) is 8.82. The number of aryl methyl sites for hydroxylation is 2. The molecule has 1 aromatic heterocycles. The van der Waals surface area contributed by atoms with Gasteiger partial charge in [-0.25, -0.2) is 0 Å². The third kappa shape index (κ3) is 4.14. The lowest BCUT2D eigenvalue weighted by Gasteiger charge is -2.25. The van der Waals surface area contributed by atoms with Crippen molar-refractivity contribution in [2.45, 2.75) is 46.6 Å². The number of benzene rings is 2. The fourth-order valence-corrected chi connectivity index (χ4v) is 5.40. The van der Waals surface area contributed by atoms with Gasteiger partial charge in [0, 0.05) is 16.1 Å². The summed E-state index contributed by atoms with van der Waals surface area (Å²) in [5.74, 6) is -0.590. The van der Waals surface area contributed by atoms with Crippen LogP contribution < -0.4 is 9.64 Å². The average Bonchev–Trinajstić information content (AvgIpc) is 3.34. The molecule has 1 atom stereocenters.